The molecule has 26 heavy (non-hydrogen) atoms. The number of nitrogens with two attached hydrogens (primary N) is 1. The number of esters is 1. The summed E-state index contributed by atoms with van der Waals surface area (Å²) in [4.78, 5) is 16.3. The topological polar surface area (TPSA) is 100 Å². The first kappa shape index (κ1) is 17.8. The van der Waals surface area contributed by atoms with Gasteiger partial charge in [-0.2, -0.15) is 4.98 Å². The molecule has 2 N–H and O–H groups in total. The first-order valence-electron chi connectivity index (χ1n) is 7.85. The van der Waals surface area contributed by atoms with Gasteiger partial charge in [-0.15, -0.1) is 0 Å². The second-order valence-corrected chi connectivity index (χ2v) is 5.69. The predicted octanol–water partition coefficient (Wildman–Crippen LogP) is 3.73. The van der Waals surface area contributed by atoms with Crippen LogP contribution in [0.4, 0.5) is 5.69 Å². The molecule has 0 aliphatic rings. The minimum Gasteiger partial charge on any atom is -0.493 e. The highest BCUT2D eigenvalue weighted by atomic mass is 35.5. The van der Waals surface area contributed by atoms with Crippen molar-refractivity contribution < 1.29 is 18.8 Å². The lowest BCUT2D eigenvalue weighted by atomic mass is 10.2. The summed E-state index contributed by atoms with van der Waals surface area (Å²) in [5, 5.41) is 4.35. The molecule has 0 aliphatic carbocycles. The van der Waals surface area contributed by atoms with Crippen LogP contribution in [-0.2, 0) is 11.3 Å². The molecule has 1 aromatic heterocycles. The van der Waals surface area contributed by atoms with Gasteiger partial charge in [0, 0.05) is 10.7 Å². The number of aromatic nitrogens is 2. The van der Waals surface area contributed by atoms with Crippen LogP contribution in [0, 0.1) is 0 Å². The summed E-state index contributed by atoms with van der Waals surface area (Å²) < 4.78 is 15.9. The van der Waals surface area contributed by atoms with Crippen LogP contribution in [0.15, 0.2) is 47.0 Å². The van der Waals surface area contributed by atoms with Crippen LogP contribution in [0.2, 0.25) is 5.02 Å². The summed E-state index contributed by atoms with van der Waals surface area (Å²) in [6, 6.07) is 11.9. The Morgan fingerprint density at radius 3 is 2.85 bits per heavy atom. The van der Waals surface area contributed by atoms with Crippen molar-refractivity contribution in [1.29, 1.82) is 0 Å². The second-order valence-electron chi connectivity index (χ2n) is 5.25. The summed E-state index contributed by atoms with van der Waals surface area (Å²) in [5.74, 6) is 0.556. The maximum Gasteiger partial charge on any atom is 0.340 e. The highest BCUT2D eigenvalue weighted by molar-refractivity contribution is 6.31. The first-order chi connectivity index (χ1) is 12.6. The van der Waals surface area contributed by atoms with Gasteiger partial charge in [-0.25, -0.2) is 4.79 Å². The van der Waals surface area contributed by atoms with Gasteiger partial charge in [-0.05, 0) is 37.3 Å². The van der Waals surface area contributed by atoms with Crippen LogP contribution in [0.1, 0.15) is 23.2 Å². The van der Waals surface area contributed by atoms with Gasteiger partial charge in [0.25, 0.3) is 5.89 Å². The van der Waals surface area contributed by atoms with Crippen LogP contribution in [0.3, 0.4) is 0 Å². The van der Waals surface area contributed by atoms with Crippen molar-refractivity contribution in [3.8, 4) is 17.1 Å². The van der Waals surface area contributed by atoms with Gasteiger partial charge < -0.3 is 19.7 Å². The number of para-hydroxylation sites is 1. The Labute approximate surface area is 154 Å². The predicted molar refractivity (Wildman–Crippen MR) is 95.9 cm³/mol. The lowest BCUT2D eigenvalue weighted by Gasteiger charge is -2.06. The molecule has 0 bridgehead atoms. The quantitative estimate of drug-likeness (QED) is 0.519. The van der Waals surface area contributed by atoms with Crippen LogP contribution in [0.25, 0.3) is 11.4 Å². The van der Waals surface area contributed by atoms with Gasteiger partial charge in [0.1, 0.15) is 5.75 Å². The third-order valence-corrected chi connectivity index (χ3v) is 3.69. The van der Waals surface area contributed by atoms with E-state index in [1.807, 2.05) is 31.2 Å². The third kappa shape index (κ3) is 3.94. The van der Waals surface area contributed by atoms with E-state index in [1.54, 1.807) is 6.07 Å². The maximum atomic E-state index is 12.1. The standard InChI is InChI=1S/C18H16ClN3O4/c1-2-24-15-6-4-3-5-13(15)17-21-16(26-22-17)10-25-18(23)12-8-7-11(19)9-14(12)20/h3-9H,2,10,20H2,1H3. The van der Waals surface area contributed by atoms with Gasteiger partial charge in [-0.1, -0.05) is 28.9 Å². The van der Waals surface area contributed by atoms with Gasteiger partial charge in [-0.3, -0.25) is 0 Å². The number of nitrogens with zero attached hydrogens (tertiary/aromatic N) is 2. The van der Waals surface area contributed by atoms with Crippen LogP contribution >= 0.6 is 11.6 Å². The molecule has 0 unspecified atom stereocenters. The molecule has 7 nitrogen and oxygen atoms in total. The Hall–Kier alpha value is -3.06. The Bertz CT molecular complexity index is 926. The molecule has 3 aromatic rings. The smallest absolute Gasteiger partial charge is 0.340 e. The molecule has 8 heteroatoms. The molecule has 0 spiro atoms. The fourth-order valence-electron chi connectivity index (χ4n) is 2.28. The minimum absolute atomic E-state index is 0.159. The molecule has 0 radical (unpaired) electrons. The number of hydrogen-bond donors (Lipinski definition) is 1. The summed E-state index contributed by atoms with van der Waals surface area (Å²) >= 11 is 5.82. The number of halogens is 1. The first-order valence-corrected chi connectivity index (χ1v) is 8.23. The molecule has 134 valence electrons. The molecule has 0 saturated heterocycles. The highest BCUT2D eigenvalue weighted by Gasteiger charge is 2.16. The largest absolute Gasteiger partial charge is 0.493 e. The molecular formula is C18H16ClN3O4. The lowest BCUT2D eigenvalue weighted by molar-refractivity contribution is 0.0431. The molecule has 1 heterocycles. The van der Waals surface area contributed by atoms with Crippen molar-refractivity contribution in [3.05, 3.63) is 58.9 Å². The van der Waals surface area contributed by atoms with E-state index in [1.165, 1.54) is 12.1 Å². The molecule has 0 saturated carbocycles. The zero-order chi connectivity index (χ0) is 18.5. The van der Waals surface area contributed by atoms with E-state index >= 15 is 0 Å². The number of benzene rings is 2. The van der Waals surface area contributed by atoms with Crippen LogP contribution < -0.4 is 10.5 Å². The molecule has 3 rings (SSSR count). The zero-order valence-electron chi connectivity index (χ0n) is 13.9. The van der Waals surface area contributed by atoms with Crippen LogP contribution in [0.5, 0.6) is 5.75 Å². The molecule has 0 fully saturated rings. The summed E-state index contributed by atoms with van der Waals surface area (Å²) in [6.07, 6.45) is 0. The van der Waals surface area contributed by atoms with Crippen molar-refractivity contribution in [1.82, 2.24) is 10.1 Å². The maximum absolute atomic E-state index is 12.1. The third-order valence-electron chi connectivity index (χ3n) is 3.46. The Morgan fingerprint density at radius 1 is 1.27 bits per heavy atom. The SMILES string of the molecule is CCOc1ccccc1-c1noc(COC(=O)c2ccc(Cl)cc2N)n1. The van der Waals surface area contributed by atoms with E-state index in [-0.39, 0.29) is 23.7 Å². The number of carbonyl (C=O) groups is 1. The van der Waals surface area contributed by atoms with Crippen molar-refractivity contribution >= 4 is 23.3 Å². The number of nitrogen functional groups attached to an aromatic ring is 1. The van der Waals surface area contributed by atoms with E-state index in [4.69, 9.17) is 31.3 Å². The summed E-state index contributed by atoms with van der Waals surface area (Å²) in [7, 11) is 0. The van der Waals surface area contributed by atoms with Gasteiger partial charge >= 0.3 is 5.97 Å². The van der Waals surface area contributed by atoms with Crippen molar-refractivity contribution in [2.75, 3.05) is 12.3 Å². The number of hydrogen-bond acceptors (Lipinski definition) is 7. The van der Waals surface area contributed by atoms with Crippen LogP contribution in [-0.4, -0.2) is 22.7 Å². The monoisotopic (exact) mass is 373 g/mol. The van der Waals surface area contributed by atoms with Gasteiger partial charge in [0.05, 0.1) is 17.7 Å². The molecule has 0 atom stereocenters. The van der Waals surface area contributed by atoms with Gasteiger partial charge in [0.2, 0.25) is 5.82 Å². The minimum atomic E-state index is -0.603. The lowest BCUT2D eigenvalue weighted by Crippen LogP contribution is -2.08. The Morgan fingerprint density at radius 2 is 2.08 bits per heavy atom. The Balaban J connectivity index is 1.70. The average molecular weight is 374 g/mol. The van der Waals surface area contributed by atoms with E-state index < -0.39 is 5.97 Å². The van der Waals surface area contributed by atoms with Crippen molar-refractivity contribution in [3.63, 3.8) is 0 Å². The normalized spacial score (nSPS) is 10.5. The molecule has 0 amide bonds. The number of ether oxygens (including phenoxy) is 2. The fourth-order valence-corrected chi connectivity index (χ4v) is 2.46. The molecular weight excluding hydrogens is 358 g/mol. The fraction of sp³-hybridized carbons (Fsp3) is 0.167. The zero-order valence-corrected chi connectivity index (χ0v) is 14.7. The number of carbonyl (C=O) groups excluding carboxylic acids is 1. The van der Waals surface area contributed by atoms with Crippen molar-refractivity contribution in [2.24, 2.45) is 0 Å². The van der Waals surface area contributed by atoms with E-state index in [0.717, 1.165) is 0 Å². The Kier molecular flexibility index (Phi) is 5.38. The number of rotatable bonds is 6. The number of anilines is 1. The van der Waals surface area contributed by atoms with E-state index in [2.05, 4.69) is 10.1 Å². The summed E-state index contributed by atoms with van der Waals surface area (Å²) in [6.45, 7) is 2.23. The van der Waals surface area contributed by atoms with Crippen molar-refractivity contribution in [2.45, 2.75) is 13.5 Å². The molecule has 2 aromatic carbocycles. The van der Waals surface area contributed by atoms with Gasteiger partial charge in [0.15, 0.2) is 6.61 Å². The summed E-state index contributed by atoms with van der Waals surface area (Å²) in [5.41, 5.74) is 6.91. The van der Waals surface area contributed by atoms with E-state index in [9.17, 15) is 4.79 Å². The van der Waals surface area contributed by atoms with E-state index in [0.29, 0.717) is 28.8 Å². The average Bonchev–Trinajstić information content (AvgIpc) is 3.09. The second kappa shape index (κ2) is 7.88. The molecule has 0 aliphatic heterocycles. The highest BCUT2D eigenvalue weighted by Crippen LogP contribution is 2.27.